The van der Waals surface area contributed by atoms with Gasteiger partial charge in [0.25, 0.3) is 0 Å². The Hall–Kier alpha value is -2.58. The van der Waals surface area contributed by atoms with Gasteiger partial charge in [0, 0.05) is 26.2 Å². The summed E-state index contributed by atoms with van der Waals surface area (Å²) in [6, 6.07) is -1.81. The number of carboxylic acid groups (broad SMARTS) is 1. The van der Waals surface area contributed by atoms with Crippen molar-refractivity contribution in [3.63, 3.8) is 0 Å². The number of aliphatic carboxylic acids is 1. The third kappa shape index (κ3) is 5.21. The third-order valence-electron chi connectivity index (χ3n) is 3.98. The fourth-order valence-electron chi connectivity index (χ4n) is 2.92. The second kappa shape index (κ2) is 7.76. The van der Waals surface area contributed by atoms with Crippen molar-refractivity contribution in [3.8, 4) is 0 Å². The van der Waals surface area contributed by atoms with Gasteiger partial charge in [-0.1, -0.05) is 0 Å². The average Bonchev–Trinajstić information content (AvgIpc) is 3.12. The first kappa shape index (κ1) is 19.7. The van der Waals surface area contributed by atoms with Crippen molar-refractivity contribution < 1.29 is 24.2 Å². The second-order valence-corrected chi connectivity index (χ2v) is 7.46. The highest BCUT2D eigenvalue weighted by molar-refractivity contribution is 5.90. The Morgan fingerprint density at radius 3 is 2.65 bits per heavy atom. The number of hydrogen-bond donors (Lipinski definition) is 2. The number of hydrogen-bond acceptors (Lipinski definition) is 5. The van der Waals surface area contributed by atoms with E-state index < -0.39 is 35.7 Å². The van der Waals surface area contributed by atoms with E-state index in [1.165, 1.54) is 4.90 Å². The van der Waals surface area contributed by atoms with Crippen LogP contribution in [0.25, 0.3) is 0 Å². The number of ether oxygens (including phenoxy) is 1. The predicted molar refractivity (Wildman–Crippen MR) is 92.4 cm³/mol. The van der Waals surface area contributed by atoms with Crippen LogP contribution in [0.5, 0.6) is 0 Å². The SMILES string of the molecule is Cn1cnc(CC(NC(=O)OC(C)(C)C)C(=O)N2CCC[C@H]2C(=O)O)c1. The number of likely N-dealkylation sites (tertiary alicyclic amines) is 1. The van der Waals surface area contributed by atoms with Crippen LogP contribution in [0.1, 0.15) is 39.3 Å². The Balaban J connectivity index is 2.17. The molecule has 9 nitrogen and oxygen atoms in total. The minimum atomic E-state index is -1.04. The van der Waals surface area contributed by atoms with Crippen molar-refractivity contribution >= 4 is 18.0 Å². The Labute approximate surface area is 152 Å². The summed E-state index contributed by atoms with van der Waals surface area (Å²) in [5.74, 6) is -1.48. The van der Waals surface area contributed by atoms with Crippen LogP contribution in [-0.4, -0.2) is 61.8 Å². The Kier molecular flexibility index (Phi) is 5.89. The van der Waals surface area contributed by atoms with E-state index in [4.69, 9.17) is 4.74 Å². The van der Waals surface area contributed by atoms with E-state index in [0.29, 0.717) is 25.1 Å². The van der Waals surface area contributed by atoms with Crippen molar-refractivity contribution in [3.05, 3.63) is 18.2 Å². The Bertz CT molecular complexity index is 679. The molecule has 2 rings (SSSR count). The van der Waals surface area contributed by atoms with Gasteiger partial charge in [-0.2, -0.15) is 0 Å². The van der Waals surface area contributed by atoms with Crippen molar-refractivity contribution in [1.82, 2.24) is 19.8 Å². The molecule has 0 aliphatic carbocycles. The van der Waals surface area contributed by atoms with Crippen LogP contribution >= 0.6 is 0 Å². The number of carbonyl (C=O) groups is 3. The molecule has 1 aliphatic heterocycles. The first-order valence-electron chi connectivity index (χ1n) is 8.56. The standard InChI is InChI=1S/C17H26N4O5/c1-17(2,3)26-16(25)19-12(8-11-9-20(4)10-18-11)14(22)21-7-5-6-13(21)15(23)24/h9-10,12-13H,5-8H2,1-4H3,(H,19,25)(H,23,24)/t12?,13-/m0/s1. The summed E-state index contributed by atoms with van der Waals surface area (Å²) >= 11 is 0. The first-order valence-corrected chi connectivity index (χ1v) is 8.56. The Morgan fingerprint density at radius 2 is 2.12 bits per heavy atom. The van der Waals surface area contributed by atoms with Gasteiger partial charge < -0.3 is 24.6 Å². The van der Waals surface area contributed by atoms with Crippen molar-refractivity contribution in [2.24, 2.45) is 7.05 Å². The molecule has 2 amide bonds. The highest BCUT2D eigenvalue weighted by atomic mass is 16.6. The quantitative estimate of drug-likeness (QED) is 0.801. The maximum absolute atomic E-state index is 12.9. The summed E-state index contributed by atoms with van der Waals surface area (Å²) in [6.07, 6.45) is 3.80. The molecule has 26 heavy (non-hydrogen) atoms. The molecular formula is C17H26N4O5. The van der Waals surface area contributed by atoms with E-state index in [1.807, 2.05) is 0 Å². The zero-order valence-corrected chi connectivity index (χ0v) is 15.6. The van der Waals surface area contributed by atoms with Crippen LogP contribution in [0, 0.1) is 0 Å². The molecule has 1 fully saturated rings. The number of alkyl carbamates (subject to hydrolysis) is 1. The molecule has 144 valence electrons. The van der Waals surface area contributed by atoms with Crippen LogP contribution in [0.3, 0.4) is 0 Å². The maximum Gasteiger partial charge on any atom is 0.408 e. The predicted octanol–water partition coefficient (Wildman–Crippen LogP) is 0.931. The highest BCUT2D eigenvalue weighted by Crippen LogP contribution is 2.19. The molecule has 0 saturated carbocycles. The molecule has 0 aromatic carbocycles. The minimum Gasteiger partial charge on any atom is -0.480 e. The number of nitrogens with zero attached hydrogens (tertiary/aromatic N) is 3. The summed E-state index contributed by atoms with van der Waals surface area (Å²) in [5.41, 5.74) is -0.0899. The number of carboxylic acids is 1. The number of rotatable bonds is 5. The molecule has 0 spiro atoms. The smallest absolute Gasteiger partial charge is 0.408 e. The van der Waals surface area contributed by atoms with E-state index in [-0.39, 0.29) is 6.42 Å². The largest absolute Gasteiger partial charge is 0.480 e. The molecule has 1 aromatic rings. The van der Waals surface area contributed by atoms with Crippen molar-refractivity contribution in [2.45, 2.75) is 57.7 Å². The second-order valence-electron chi connectivity index (χ2n) is 7.46. The molecule has 9 heteroatoms. The lowest BCUT2D eigenvalue weighted by atomic mass is 10.1. The third-order valence-corrected chi connectivity index (χ3v) is 3.98. The summed E-state index contributed by atoms with van der Waals surface area (Å²) in [4.78, 5) is 42.0. The van der Waals surface area contributed by atoms with Crippen molar-refractivity contribution in [1.29, 1.82) is 0 Å². The van der Waals surface area contributed by atoms with Crippen molar-refractivity contribution in [2.75, 3.05) is 6.54 Å². The molecule has 1 aliphatic rings. The van der Waals surface area contributed by atoms with Gasteiger partial charge >= 0.3 is 12.1 Å². The molecule has 1 unspecified atom stereocenters. The zero-order chi connectivity index (χ0) is 19.5. The lowest BCUT2D eigenvalue weighted by Gasteiger charge is -2.28. The number of amides is 2. The fourth-order valence-corrected chi connectivity index (χ4v) is 2.92. The molecular weight excluding hydrogens is 340 g/mol. The van der Waals surface area contributed by atoms with E-state index in [0.717, 1.165) is 0 Å². The van der Waals surface area contributed by atoms with Gasteiger partial charge in [-0.3, -0.25) is 4.79 Å². The number of nitrogens with one attached hydrogen (secondary N) is 1. The molecule has 1 saturated heterocycles. The number of carbonyl (C=O) groups excluding carboxylic acids is 2. The monoisotopic (exact) mass is 366 g/mol. The van der Waals surface area contributed by atoms with Crippen LogP contribution < -0.4 is 5.32 Å². The molecule has 2 heterocycles. The Morgan fingerprint density at radius 1 is 1.42 bits per heavy atom. The summed E-state index contributed by atoms with van der Waals surface area (Å²) in [7, 11) is 1.80. The minimum absolute atomic E-state index is 0.155. The number of aromatic nitrogens is 2. The molecule has 2 N–H and O–H groups in total. The lowest BCUT2D eigenvalue weighted by Crippen LogP contribution is -2.53. The average molecular weight is 366 g/mol. The van der Waals surface area contributed by atoms with Gasteiger partial charge in [0.1, 0.15) is 17.7 Å². The highest BCUT2D eigenvalue weighted by Gasteiger charge is 2.38. The summed E-state index contributed by atoms with van der Waals surface area (Å²) in [5, 5.41) is 11.9. The maximum atomic E-state index is 12.9. The zero-order valence-electron chi connectivity index (χ0n) is 15.6. The van der Waals surface area contributed by atoms with Gasteiger partial charge in [-0.25, -0.2) is 14.6 Å². The molecule has 0 radical (unpaired) electrons. The van der Waals surface area contributed by atoms with Gasteiger partial charge in [-0.05, 0) is 33.6 Å². The van der Waals surface area contributed by atoms with E-state index in [9.17, 15) is 19.5 Å². The molecule has 1 aromatic heterocycles. The van der Waals surface area contributed by atoms with E-state index in [2.05, 4.69) is 10.3 Å². The van der Waals surface area contributed by atoms with Gasteiger partial charge in [0.2, 0.25) is 5.91 Å². The lowest BCUT2D eigenvalue weighted by molar-refractivity contribution is -0.149. The van der Waals surface area contributed by atoms with E-state index >= 15 is 0 Å². The topological polar surface area (TPSA) is 114 Å². The van der Waals surface area contributed by atoms with E-state index in [1.54, 1.807) is 44.9 Å². The van der Waals surface area contributed by atoms with Gasteiger partial charge in [-0.15, -0.1) is 0 Å². The summed E-state index contributed by atoms with van der Waals surface area (Å²) < 4.78 is 6.97. The fraction of sp³-hybridized carbons (Fsp3) is 0.647. The van der Waals surface area contributed by atoms with Gasteiger partial charge in [0.05, 0.1) is 12.0 Å². The normalized spacial score (nSPS) is 18.5. The summed E-state index contributed by atoms with van der Waals surface area (Å²) in [6.45, 7) is 5.53. The molecule has 2 atom stereocenters. The van der Waals surface area contributed by atoms with Crippen LogP contribution in [0.2, 0.25) is 0 Å². The van der Waals surface area contributed by atoms with Crippen LogP contribution in [-0.2, 0) is 27.8 Å². The van der Waals surface area contributed by atoms with Crippen LogP contribution in [0.15, 0.2) is 12.5 Å². The number of aryl methyl sites for hydroxylation is 1. The first-order chi connectivity index (χ1) is 12.1. The number of imidazole rings is 1. The van der Waals surface area contributed by atoms with Crippen LogP contribution in [0.4, 0.5) is 4.79 Å². The van der Waals surface area contributed by atoms with Gasteiger partial charge in [0.15, 0.2) is 0 Å². The molecule has 0 bridgehead atoms.